The normalized spacial score (nSPS) is 11.6. The van der Waals surface area contributed by atoms with Crippen molar-refractivity contribution >= 4 is 33.7 Å². The third-order valence-corrected chi connectivity index (χ3v) is 4.49. The predicted octanol–water partition coefficient (Wildman–Crippen LogP) is 2.38. The molecule has 0 aliphatic heterocycles. The third kappa shape index (κ3) is 3.18. The van der Waals surface area contributed by atoms with E-state index in [1.54, 1.807) is 54.8 Å². The molecular weight excluding hydrogens is 332 g/mol. The van der Waals surface area contributed by atoms with Gasteiger partial charge in [0, 0.05) is 17.3 Å². The summed E-state index contributed by atoms with van der Waals surface area (Å²) in [5, 5.41) is 12.9. The molecular formula is C20H20N2O4. The number of rotatable bonds is 5. The van der Waals surface area contributed by atoms with Crippen molar-refractivity contribution in [1.29, 1.82) is 0 Å². The van der Waals surface area contributed by atoms with Crippen molar-refractivity contribution < 1.29 is 14.7 Å². The van der Waals surface area contributed by atoms with E-state index in [1.165, 1.54) is 0 Å². The van der Waals surface area contributed by atoms with E-state index in [0.717, 1.165) is 0 Å². The van der Waals surface area contributed by atoms with Gasteiger partial charge < -0.3 is 15.0 Å². The van der Waals surface area contributed by atoms with Crippen LogP contribution in [0.5, 0.6) is 0 Å². The number of carboxylic acid groups (broad SMARTS) is 1. The van der Waals surface area contributed by atoms with Crippen LogP contribution in [0, 0.1) is 5.41 Å². The van der Waals surface area contributed by atoms with Gasteiger partial charge >= 0.3 is 5.97 Å². The Morgan fingerprint density at radius 1 is 1.00 bits per heavy atom. The molecule has 6 heteroatoms. The Labute approximate surface area is 150 Å². The minimum Gasteiger partial charge on any atom is -0.481 e. The van der Waals surface area contributed by atoms with Crippen molar-refractivity contribution in [3.05, 3.63) is 58.8 Å². The molecule has 0 saturated carbocycles. The molecule has 0 aliphatic rings. The second-order valence-electron chi connectivity index (χ2n) is 6.92. The Morgan fingerprint density at radius 3 is 2.00 bits per heavy atom. The van der Waals surface area contributed by atoms with Gasteiger partial charge in [-0.05, 0) is 38.1 Å². The number of hydrogen-bond donors (Lipinski definition) is 2. The Hall–Kier alpha value is -3.15. The highest BCUT2D eigenvalue weighted by Crippen LogP contribution is 2.19. The molecule has 0 saturated heterocycles. The van der Waals surface area contributed by atoms with Crippen molar-refractivity contribution in [1.82, 2.24) is 9.88 Å². The monoisotopic (exact) mass is 352 g/mol. The molecule has 3 rings (SSSR count). The number of pyridine rings is 1. The summed E-state index contributed by atoms with van der Waals surface area (Å²) >= 11 is 0. The van der Waals surface area contributed by atoms with Crippen LogP contribution < -0.4 is 10.7 Å². The lowest BCUT2D eigenvalue weighted by atomic mass is 9.94. The number of aromatic nitrogens is 1. The van der Waals surface area contributed by atoms with Crippen molar-refractivity contribution in [2.75, 3.05) is 6.54 Å². The van der Waals surface area contributed by atoms with E-state index in [-0.39, 0.29) is 24.4 Å². The molecule has 6 nitrogen and oxygen atoms in total. The number of hydrogen-bond acceptors (Lipinski definition) is 3. The van der Waals surface area contributed by atoms with Crippen LogP contribution in [-0.2, 0) is 16.1 Å². The summed E-state index contributed by atoms with van der Waals surface area (Å²) in [6.07, 6.45) is 0. The average Bonchev–Trinajstić information content (AvgIpc) is 2.63. The Kier molecular flexibility index (Phi) is 4.50. The van der Waals surface area contributed by atoms with Crippen LogP contribution in [0.2, 0.25) is 0 Å². The van der Waals surface area contributed by atoms with Gasteiger partial charge in [-0.25, -0.2) is 0 Å². The number of carbonyl (C=O) groups excluding carboxylic acids is 1. The van der Waals surface area contributed by atoms with E-state index in [1.807, 2.05) is 12.1 Å². The van der Waals surface area contributed by atoms with E-state index in [9.17, 15) is 14.4 Å². The zero-order valence-corrected chi connectivity index (χ0v) is 14.7. The van der Waals surface area contributed by atoms with Gasteiger partial charge in [-0.2, -0.15) is 0 Å². The predicted molar refractivity (Wildman–Crippen MR) is 100 cm³/mol. The second kappa shape index (κ2) is 6.63. The van der Waals surface area contributed by atoms with Crippen LogP contribution in [0.1, 0.15) is 13.8 Å². The first-order valence-electron chi connectivity index (χ1n) is 8.31. The number of para-hydroxylation sites is 2. The number of fused-ring (bicyclic) bond motifs is 2. The fourth-order valence-corrected chi connectivity index (χ4v) is 2.84. The largest absolute Gasteiger partial charge is 0.481 e. The van der Waals surface area contributed by atoms with Gasteiger partial charge in [0.25, 0.3) is 0 Å². The summed E-state index contributed by atoms with van der Waals surface area (Å²) in [4.78, 5) is 36.3. The van der Waals surface area contributed by atoms with Crippen molar-refractivity contribution in [3.8, 4) is 0 Å². The first kappa shape index (κ1) is 17.7. The lowest BCUT2D eigenvalue weighted by molar-refractivity contribution is -0.146. The van der Waals surface area contributed by atoms with E-state index >= 15 is 0 Å². The van der Waals surface area contributed by atoms with Gasteiger partial charge in [0.1, 0.15) is 6.54 Å². The topological polar surface area (TPSA) is 88.4 Å². The van der Waals surface area contributed by atoms with Crippen molar-refractivity contribution in [3.63, 3.8) is 0 Å². The first-order chi connectivity index (χ1) is 12.3. The van der Waals surface area contributed by atoms with Crippen molar-refractivity contribution in [2.24, 2.45) is 5.41 Å². The summed E-state index contributed by atoms with van der Waals surface area (Å²) in [6.45, 7) is 3.13. The van der Waals surface area contributed by atoms with E-state index < -0.39 is 11.4 Å². The van der Waals surface area contributed by atoms with Gasteiger partial charge in [0.15, 0.2) is 5.43 Å². The number of amides is 1. The molecule has 3 aromatic rings. The Morgan fingerprint density at radius 2 is 1.50 bits per heavy atom. The highest BCUT2D eigenvalue weighted by Gasteiger charge is 2.27. The van der Waals surface area contributed by atoms with Crippen LogP contribution in [0.15, 0.2) is 53.3 Å². The maximum atomic E-state index is 12.7. The lowest BCUT2D eigenvalue weighted by Crippen LogP contribution is -2.40. The first-order valence-corrected chi connectivity index (χ1v) is 8.31. The lowest BCUT2D eigenvalue weighted by Gasteiger charge is -2.20. The number of aliphatic carboxylic acids is 1. The zero-order valence-electron chi connectivity index (χ0n) is 14.7. The summed E-state index contributed by atoms with van der Waals surface area (Å²) in [5.41, 5.74) is 0.219. The minimum atomic E-state index is -1.05. The zero-order chi connectivity index (χ0) is 18.9. The maximum Gasteiger partial charge on any atom is 0.310 e. The summed E-state index contributed by atoms with van der Waals surface area (Å²) in [6, 6.07) is 14.3. The molecule has 0 atom stereocenters. The van der Waals surface area contributed by atoms with Crippen LogP contribution >= 0.6 is 0 Å². The minimum absolute atomic E-state index is 0.00297. The second-order valence-corrected chi connectivity index (χ2v) is 6.92. The molecule has 0 radical (unpaired) electrons. The van der Waals surface area contributed by atoms with Crippen molar-refractivity contribution in [2.45, 2.75) is 20.4 Å². The van der Waals surface area contributed by atoms with Gasteiger partial charge in [-0.3, -0.25) is 14.4 Å². The number of carbonyl (C=O) groups is 2. The van der Waals surface area contributed by atoms with Gasteiger partial charge in [0.05, 0.1) is 16.4 Å². The highest BCUT2D eigenvalue weighted by atomic mass is 16.4. The standard InChI is InChI=1S/C20H20N2O4/c1-20(2,19(25)26)12-21-17(23)11-22-15-9-5-3-7-13(15)18(24)14-8-4-6-10-16(14)22/h3-10H,11-12H2,1-2H3,(H,21,23)(H,25,26). The van der Waals surface area contributed by atoms with Gasteiger partial charge in [-0.1, -0.05) is 24.3 Å². The molecule has 134 valence electrons. The SMILES string of the molecule is CC(C)(CNC(=O)Cn1c2ccccc2c(=O)c2ccccc21)C(=O)O. The van der Waals surface area contributed by atoms with E-state index in [4.69, 9.17) is 5.11 Å². The summed E-state index contributed by atoms with van der Waals surface area (Å²) in [5.74, 6) is -1.28. The quantitative estimate of drug-likeness (QED) is 0.690. The van der Waals surface area contributed by atoms with Gasteiger partial charge in [0.2, 0.25) is 5.91 Å². The summed E-state index contributed by atoms with van der Waals surface area (Å²) < 4.78 is 1.79. The average molecular weight is 352 g/mol. The van der Waals surface area contributed by atoms with Crippen LogP contribution in [0.4, 0.5) is 0 Å². The molecule has 2 aromatic carbocycles. The molecule has 2 N–H and O–H groups in total. The fraction of sp³-hybridized carbons (Fsp3) is 0.250. The Balaban J connectivity index is 2.01. The Bertz CT molecular complexity index is 1010. The number of nitrogens with one attached hydrogen (secondary N) is 1. The smallest absolute Gasteiger partial charge is 0.310 e. The van der Waals surface area contributed by atoms with Crippen LogP contribution in [0.3, 0.4) is 0 Å². The molecule has 1 amide bonds. The molecule has 0 unspecified atom stereocenters. The molecule has 26 heavy (non-hydrogen) atoms. The fourth-order valence-electron chi connectivity index (χ4n) is 2.84. The number of carboxylic acids is 1. The molecule has 0 bridgehead atoms. The third-order valence-electron chi connectivity index (χ3n) is 4.49. The maximum absolute atomic E-state index is 12.7. The molecule has 0 aliphatic carbocycles. The van der Waals surface area contributed by atoms with Crippen LogP contribution in [0.25, 0.3) is 21.8 Å². The van der Waals surface area contributed by atoms with E-state index in [0.29, 0.717) is 21.8 Å². The molecule has 0 spiro atoms. The van der Waals surface area contributed by atoms with E-state index in [2.05, 4.69) is 5.32 Å². The summed E-state index contributed by atoms with van der Waals surface area (Å²) in [7, 11) is 0. The molecule has 1 heterocycles. The highest BCUT2D eigenvalue weighted by molar-refractivity contribution is 5.94. The van der Waals surface area contributed by atoms with Gasteiger partial charge in [-0.15, -0.1) is 0 Å². The number of benzene rings is 2. The number of nitrogens with zero attached hydrogens (tertiary/aromatic N) is 1. The van der Waals surface area contributed by atoms with Crippen LogP contribution in [-0.4, -0.2) is 28.1 Å². The molecule has 1 aromatic heterocycles. The molecule has 0 fully saturated rings.